The third-order valence-electron chi connectivity index (χ3n) is 2.20. The average molecular weight is 313 g/mol. The molecule has 1 aromatic heterocycles. The van der Waals surface area contributed by atoms with E-state index in [1.165, 1.54) is 0 Å². The second kappa shape index (κ2) is 9.30. The second-order valence-electron chi connectivity index (χ2n) is 4.12. The van der Waals surface area contributed by atoms with E-state index in [-0.39, 0.29) is 26.3 Å². The fourth-order valence-electron chi connectivity index (χ4n) is 1.35. The highest BCUT2D eigenvalue weighted by molar-refractivity contribution is 7.09. The van der Waals surface area contributed by atoms with Crippen molar-refractivity contribution in [1.29, 1.82) is 0 Å². The summed E-state index contributed by atoms with van der Waals surface area (Å²) in [6.07, 6.45) is -4.99. The lowest BCUT2D eigenvalue weighted by Crippen LogP contribution is -2.33. The minimum absolute atomic E-state index is 0.0533. The first-order valence-corrected chi connectivity index (χ1v) is 6.99. The van der Waals surface area contributed by atoms with E-state index in [1.807, 2.05) is 17.5 Å². The van der Waals surface area contributed by atoms with E-state index in [0.29, 0.717) is 6.61 Å². The molecule has 0 radical (unpaired) electrons. The number of hydrogen-bond donors (Lipinski definition) is 2. The Labute approximate surface area is 119 Å². The van der Waals surface area contributed by atoms with Gasteiger partial charge in [0.25, 0.3) is 0 Å². The Balaban J connectivity index is 1.91. The summed E-state index contributed by atoms with van der Waals surface area (Å²) in [7, 11) is 0. The summed E-state index contributed by atoms with van der Waals surface area (Å²) in [5.41, 5.74) is 0. The van der Waals surface area contributed by atoms with Crippen molar-refractivity contribution in [3.63, 3.8) is 0 Å². The van der Waals surface area contributed by atoms with Gasteiger partial charge in [0.15, 0.2) is 0 Å². The van der Waals surface area contributed by atoms with E-state index in [1.54, 1.807) is 11.3 Å². The topological polar surface area (TPSA) is 50.7 Å². The van der Waals surface area contributed by atoms with Crippen molar-refractivity contribution < 1.29 is 27.8 Å². The van der Waals surface area contributed by atoms with E-state index in [0.717, 1.165) is 4.88 Å². The highest BCUT2D eigenvalue weighted by Gasteiger charge is 2.27. The fraction of sp³-hybridized carbons (Fsp3) is 0.667. The van der Waals surface area contributed by atoms with Gasteiger partial charge < -0.3 is 19.9 Å². The van der Waals surface area contributed by atoms with Crippen molar-refractivity contribution >= 4 is 11.3 Å². The molecule has 1 rings (SSSR count). The van der Waals surface area contributed by atoms with E-state index in [9.17, 15) is 18.3 Å². The zero-order valence-electron chi connectivity index (χ0n) is 10.9. The van der Waals surface area contributed by atoms with Gasteiger partial charge in [0.2, 0.25) is 0 Å². The summed E-state index contributed by atoms with van der Waals surface area (Å²) in [6, 6.07) is 3.86. The van der Waals surface area contributed by atoms with Crippen molar-refractivity contribution in [2.75, 3.05) is 32.9 Å². The smallest absolute Gasteiger partial charge is 0.389 e. The molecule has 1 heterocycles. The highest BCUT2D eigenvalue weighted by Crippen LogP contribution is 2.13. The van der Waals surface area contributed by atoms with Crippen LogP contribution in [0.3, 0.4) is 0 Å². The summed E-state index contributed by atoms with van der Waals surface area (Å²) >= 11 is 1.57. The van der Waals surface area contributed by atoms with Crippen LogP contribution in [0.25, 0.3) is 0 Å². The van der Waals surface area contributed by atoms with Gasteiger partial charge >= 0.3 is 6.18 Å². The third-order valence-corrected chi connectivity index (χ3v) is 3.05. The molecule has 20 heavy (non-hydrogen) atoms. The second-order valence-corrected chi connectivity index (χ2v) is 5.15. The Morgan fingerprint density at radius 2 is 2.15 bits per heavy atom. The van der Waals surface area contributed by atoms with Gasteiger partial charge in [-0.25, -0.2) is 0 Å². The Kier molecular flexibility index (Phi) is 8.08. The van der Waals surface area contributed by atoms with Gasteiger partial charge in [0.1, 0.15) is 6.61 Å². The van der Waals surface area contributed by atoms with Gasteiger partial charge in [-0.3, -0.25) is 0 Å². The number of halogens is 3. The van der Waals surface area contributed by atoms with E-state index in [2.05, 4.69) is 10.1 Å². The molecule has 1 atom stereocenters. The average Bonchev–Trinajstić information content (AvgIpc) is 2.85. The lowest BCUT2D eigenvalue weighted by molar-refractivity contribution is -0.173. The molecule has 4 nitrogen and oxygen atoms in total. The molecule has 0 amide bonds. The van der Waals surface area contributed by atoms with Crippen molar-refractivity contribution in [3.05, 3.63) is 22.4 Å². The van der Waals surface area contributed by atoms with Gasteiger partial charge in [-0.2, -0.15) is 13.2 Å². The van der Waals surface area contributed by atoms with Gasteiger partial charge in [-0.1, -0.05) is 6.07 Å². The molecule has 0 saturated carbocycles. The predicted octanol–water partition coefficient (Wildman–Crippen LogP) is 1.79. The molecule has 0 bridgehead atoms. The maximum atomic E-state index is 11.7. The molecule has 8 heteroatoms. The lowest BCUT2D eigenvalue weighted by atomic mass is 10.4. The van der Waals surface area contributed by atoms with Crippen molar-refractivity contribution in [3.8, 4) is 0 Å². The number of aliphatic hydroxyl groups excluding tert-OH is 1. The summed E-state index contributed by atoms with van der Waals surface area (Å²) in [5, 5.41) is 14.3. The van der Waals surface area contributed by atoms with Crippen LogP contribution in [0.1, 0.15) is 4.88 Å². The number of thiophene rings is 1. The first-order valence-electron chi connectivity index (χ1n) is 6.11. The van der Waals surface area contributed by atoms with Crippen LogP contribution in [0, 0.1) is 0 Å². The molecule has 0 spiro atoms. The van der Waals surface area contributed by atoms with E-state index >= 15 is 0 Å². The largest absolute Gasteiger partial charge is 0.411 e. The third kappa shape index (κ3) is 9.27. The predicted molar refractivity (Wildman–Crippen MR) is 69.7 cm³/mol. The van der Waals surface area contributed by atoms with Crippen LogP contribution >= 0.6 is 11.3 Å². The lowest BCUT2D eigenvalue weighted by Gasteiger charge is -2.12. The van der Waals surface area contributed by atoms with Crippen molar-refractivity contribution in [1.82, 2.24) is 5.32 Å². The molecule has 1 unspecified atom stereocenters. The van der Waals surface area contributed by atoms with Crippen molar-refractivity contribution in [2.24, 2.45) is 0 Å². The van der Waals surface area contributed by atoms with Crippen LogP contribution in [-0.4, -0.2) is 50.3 Å². The van der Waals surface area contributed by atoms with Gasteiger partial charge in [-0.15, -0.1) is 11.3 Å². The van der Waals surface area contributed by atoms with Crippen LogP contribution in [0.15, 0.2) is 17.5 Å². The SMILES string of the molecule is OC(CNCCOCC(F)(F)F)COCc1cccs1. The summed E-state index contributed by atoms with van der Waals surface area (Å²) in [5.74, 6) is 0. The molecular weight excluding hydrogens is 295 g/mol. The van der Waals surface area contributed by atoms with Crippen molar-refractivity contribution in [2.45, 2.75) is 18.9 Å². The molecule has 0 aromatic carbocycles. The monoisotopic (exact) mass is 313 g/mol. The standard InChI is InChI=1S/C12H18F3NO3S/c13-12(14,15)9-18-4-3-16-6-10(17)7-19-8-11-2-1-5-20-11/h1-2,5,10,16-17H,3-4,6-9H2. The maximum Gasteiger partial charge on any atom is 0.411 e. The van der Waals surface area contributed by atoms with Crippen LogP contribution in [-0.2, 0) is 16.1 Å². The molecule has 1 aromatic rings. The Morgan fingerprint density at radius 1 is 1.35 bits per heavy atom. The number of alkyl halides is 3. The molecule has 0 aliphatic rings. The number of ether oxygens (including phenoxy) is 2. The summed E-state index contributed by atoms with van der Waals surface area (Å²) < 4.78 is 45.0. The zero-order valence-corrected chi connectivity index (χ0v) is 11.7. The molecule has 2 N–H and O–H groups in total. The number of rotatable bonds is 10. The maximum absolute atomic E-state index is 11.7. The number of aliphatic hydroxyl groups is 1. The Bertz CT molecular complexity index is 346. The normalized spacial score (nSPS) is 13.6. The molecular formula is C12H18F3NO3S. The molecule has 0 aliphatic carbocycles. The first-order chi connectivity index (χ1) is 9.47. The number of nitrogens with one attached hydrogen (secondary N) is 1. The Hall–Kier alpha value is -0.670. The minimum Gasteiger partial charge on any atom is -0.389 e. The van der Waals surface area contributed by atoms with E-state index < -0.39 is 18.9 Å². The van der Waals surface area contributed by atoms with Crippen LogP contribution in [0.5, 0.6) is 0 Å². The van der Waals surface area contributed by atoms with Gasteiger partial charge in [0, 0.05) is 18.0 Å². The van der Waals surface area contributed by atoms with E-state index in [4.69, 9.17) is 4.74 Å². The van der Waals surface area contributed by atoms with Gasteiger partial charge in [-0.05, 0) is 11.4 Å². The molecule has 0 aliphatic heterocycles. The van der Waals surface area contributed by atoms with Crippen LogP contribution in [0.2, 0.25) is 0 Å². The highest BCUT2D eigenvalue weighted by atomic mass is 32.1. The zero-order chi connectivity index (χ0) is 14.8. The van der Waals surface area contributed by atoms with Crippen LogP contribution < -0.4 is 5.32 Å². The first kappa shape index (κ1) is 17.4. The Morgan fingerprint density at radius 3 is 2.80 bits per heavy atom. The number of hydrogen-bond acceptors (Lipinski definition) is 5. The molecule has 116 valence electrons. The van der Waals surface area contributed by atoms with Gasteiger partial charge in [0.05, 0.1) is 25.9 Å². The quantitative estimate of drug-likeness (QED) is 0.647. The fourth-order valence-corrected chi connectivity index (χ4v) is 1.99. The minimum atomic E-state index is -4.30. The molecule has 0 saturated heterocycles. The van der Waals surface area contributed by atoms with Crippen LogP contribution in [0.4, 0.5) is 13.2 Å². The summed E-state index contributed by atoms with van der Waals surface area (Å²) in [6.45, 7) is -0.181. The summed E-state index contributed by atoms with van der Waals surface area (Å²) in [4.78, 5) is 1.07. The molecule has 0 fully saturated rings.